The topological polar surface area (TPSA) is 28.5 Å². The van der Waals surface area contributed by atoms with E-state index in [1.165, 1.54) is 18.6 Å². The van der Waals surface area contributed by atoms with Gasteiger partial charge in [0.05, 0.1) is 5.56 Å². The highest BCUT2D eigenvalue weighted by Gasteiger charge is 2.28. The molecule has 0 bridgehead atoms. The Morgan fingerprint density at radius 2 is 1.90 bits per heavy atom. The highest BCUT2D eigenvalue weighted by Crippen LogP contribution is 2.29. The summed E-state index contributed by atoms with van der Waals surface area (Å²) in [5.41, 5.74) is 3.99. The van der Waals surface area contributed by atoms with Crippen molar-refractivity contribution in [2.45, 2.75) is 65.0 Å². The molecule has 2 heterocycles. The average Bonchev–Trinajstić information content (AvgIpc) is 3.23. The standard InChI is InChI=1S/C25H36FN3O/c1-18-22(24(30)28(6)17-21-8-7-14-27(21)5)16-23(25(2,3)4)29(18)15-13-19-9-11-20(26)12-10-19/h9-12,16,21H,7-8,13-15,17H2,1-6H3. The van der Waals surface area contributed by atoms with Crippen LogP contribution in [-0.4, -0.2) is 53.5 Å². The van der Waals surface area contributed by atoms with Crippen molar-refractivity contribution in [2.75, 3.05) is 27.2 Å². The van der Waals surface area contributed by atoms with Crippen LogP contribution in [-0.2, 0) is 18.4 Å². The lowest BCUT2D eigenvalue weighted by Gasteiger charge is -2.26. The quantitative estimate of drug-likeness (QED) is 0.690. The minimum absolute atomic E-state index is 0.0731. The maximum atomic E-state index is 13.3. The second-order valence-electron chi connectivity index (χ2n) is 9.77. The molecular weight excluding hydrogens is 377 g/mol. The maximum absolute atomic E-state index is 13.3. The summed E-state index contributed by atoms with van der Waals surface area (Å²) in [5, 5.41) is 0. The molecule has 0 radical (unpaired) electrons. The zero-order valence-corrected chi connectivity index (χ0v) is 19.3. The Balaban J connectivity index is 1.82. The monoisotopic (exact) mass is 413 g/mol. The van der Waals surface area contributed by atoms with Crippen LogP contribution in [0.1, 0.15) is 60.9 Å². The van der Waals surface area contributed by atoms with Gasteiger partial charge in [0.1, 0.15) is 5.82 Å². The van der Waals surface area contributed by atoms with E-state index < -0.39 is 0 Å². The molecule has 1 aromatic heterocycles. The second-order valence-corrected chi connectivity index (χ2v) is 9.77. The number of halogens is 1. The van der Waals surface area contributed by atoms with E-state index in [9.17, 15) is 9.18 Å². The molecule has 1 aliphatic heterocycles. The van der Waals surface area contributed by atoms with Gasteiger partial charge in [-0.15, -0.1) is 0 Å². The Hall–Kier alpha value is -2.14. The Labute approximate surface area is 180 Å². The van der Waals surface area contributed by atoms with Gasteiger partial charge in [-0.3, -0.25) is 4.79 Å². The van der Waals surface area contributed by atoms with Crippen LogP contribution in [0.4, 0.5) is 4.39 Å². The van der Waals surface area contributed by atoms with Gasteiger partial charge < -0.3 is 14.4 Å². The number of aryl methyl sites for hydroxylation is 1. The summed E-state index contributed by atoms with van der Waals surface area (Å²) in [4.78, 5) is 17.5. The number of nitrogens with zero attached hydrogens (tertiary/aromatic N) is 3. The largest absolute Gasteiger partial charge is 0.347 e. The molecule has 3 rings (SSSR count). The van der Waals surface area contributed by atoms with Gasteiger partial charge in [-0.05, 0) is 63.5 Å². The minimum atomic E-state index is -0.213. The van der Waals surface area contributed by atoms with Crippen molar-refractivity contribution >= 4 is 5.91 Å². The first-order chi connectivity index (χ1) is 14.1. The van der Waals surface area contributed by atoms with Crippen LogP contribution in [0.25, 0.3) is 0 Å². The van der Waals surface area contributed by atoms with Crippen LogP contribution >= 0.6 is 0 Å². The first kappa shape index (κ1) is 22.5. The van der Waals surface area contributed by atoms with Crippen molar-refractivity contribution in [1.82, 2.24) is 14.4 Å². The Morgan fingerprint density at radius 3 is 2.47 bits per heavy atom. The molecule has 30 heavy (non-hydrogen) atoms. The number of rotatable bonds is 6. The van der Waals surface area contributed by atoms with Gasteiger partial charge in [-0.25, -0.2) is 4.39 Å². The molecule has 5 heteroatoms. The number of aromatic nitrogens is 1. The molecule has 0 saturated carbocycles. The molecule has 1 saturated heterocycles. The fourth-order valence-corrected chi connectivity index (χ4v) is 4.48. The first-order valence-corrected chi connectivity index (χ1v) is 11.0. The fraction of sp³-hybridized carbons (Fsp3) is 0.560. The lowest BCUT2D eigenvalue weighted by Crippen LogP contribution is -2.39. The summed E-state index contributed by atoms with van der Waals surface area (Å²) < 4.78 is 15.5. The SMILES string of the molecule is Cc1c(C(=O)N(C)CC2CCCN2C)cc(C(C)(C)C)n1CCc1ccc(F)cc1. The van der Waals surface area contributed by atoms with Gasteiger partial charge in [0, 0.05) is 43.0 Å². The molecule has 4 nitrogen and oxygen atoms in total. The van der Waals surface area contributed by atoms with Crippen molar-refractivity contribution in [3.8, 4) is 0 Å². The van der Waals surface area contributed by atoms with E-state index in [1.54, 1.807) is 0 Å². The third kappa shape index (κ3) is 4.94. The van der Waals surface area contributed by atoms with Gasteiger partial charge in [-0.2, -0.15) is 0 Å². The molecule has 1 aromatic carbocycles. The number of hydrogen-bond acceptors (Lipinski definition) is 2. The molecule has 1 fully saturated rings. The van der Waals surface area contributed by atoms with E-state index in [-0.39, 0.29) is 17.1 Å². The van der Waals surface area contributed by atoms with E-state index in [4.69, 9.17) is 0 Å². The Kier molecular flexibility index (Phi) is 6.71. The molecule has 0 spiro atoms. The number of likely N-dealkylation sites (N-methyl/N-ethyl adjacent to an activating group) is 2. The van der Waals surface area contributed by atoms with Crippen LogP contribution in [0.5, 0.6) is 0 Å². The summed E-state index contributed by atoms with van der Waals surface area (Å²) in [7, 11) is 4.06. The summed E-state index contributed by atoms with van der Waals surface area (Å²) in [5.74, 6) is -0.117. The van der Waals surface area contributed by atoms with Crippen molar-refractivity contribution < 1.29 is 9.18 Å². The second kappa shape index (κ2) is 8.93. The summed E-state index contributed by atoms with van der Waals surface area (Å²) in [6, 6.07) is 9.21. The minimum Gasteiger partial charge on any atom is -0.347 e. The zero-order chi connectivity index (χ0) is 22.1. The zero-order valence-electron chi connectivity index (χ0n) is 19.3. The fourth-order valence-electron chi connectivity index (χ4n) is 4.48. The number of carbonyl (C=O) groups is 1. The first-order valence-electron chi connectivity index (χ1n) is 11.0. The summed E-state index contributed by atoms with van der Waals surface area (Å²) in [6.45, 7) is 11.2. The molecule has 2 aromatic rings. The van der Waals surface area contributed by atoms with E-state index in [1.807, 2.05) is 31.0 Å². The molecule has 1 atom stereocenters. The van der Waals surface area contributed by atoms with E-state index in [2.05, 4.69) is 43.4 Å². The number of benzene rings is 1. The van der Waals surface area contributed by atoms with E-state index in [0.29, 0.717) is 6.04 Å². The van der Waals surface area contributed by atoms with Gasteiger partial charge >= 0.3 is 0 Å². The molecule has 0 aliphatic carbocycles. The van der Waals surface area contributed by atoms with E-state index in [0.717, 1.165) is 55.0 Å². The normalized spacial score (nSPS) is 17.5. The van der Waals surface area contributed by atoms with Crippen LogP contribution in [0.3, 0.4) is 0 Å². The highest BCUT2D eigenvalue weighted by atomic mass is 19.1. The molecule has 1 unspecified atom stereocenters. The summed E-state index contributed by atoms with van der Waals surface area (Å²) in [6.07, 6.45) is 3.16. The number of amides is 1. The van der Waals surface area contributed by atoms with Crippen molar-refractivity contribution in [3.63, 3.8) is 0 Å². The summed E-state index contributed by atoms with van der Waals surface area (Å²) >= 11 is 0. The third-order valence-corrected chi connectivity index (χ3v) is 6.41. The molecule has 0 N–H and O–H groups in total. The van der Waals surface area contributed by atoms with Crippen LogP contribution in [0, 0.1) is 12.7 Å². The third-order valence-electron chi connectivity index (χ3n) is 6.41. The molecule has 164 valence electrons. The van der Waals surface area contributed by atoms with Gasteiger partial charge in [-0.1, -0.05) is 32.9 Å². The smallest absolute Gasteiger partial charge is 0.255 e. The predicted molar refractivity (Wildman–Crippen MR) is 121 cm³/mol. The Bertz CT molecular complexity index is 879. The number of likely N-dealkylation sites (tertiary alicyclic amines) is 1. The number of carbonyl (C=O) groups excluding carboxylic acids is 1. The van der Waals surface area contributed by atoms with E-state index >= 15 is 0 Å². The van der Waals surface area contributed by atoms with Crippen molar-refractivity contribution in [2.24, 2.45) is 0 Å². The van der Waals surface area contributed by atoms with Crippen molar-refractivity contribution in [1.29, 1.82) is 0 Å². The van der Waals surface area contributed by atoms with Crippen LogP contribution in [0.15, 0.2) is 30.3 Å². The molecular formula is C25H36FN3O. The number of hydrogen-bond donors (Lipinski definition) is 0. The van der Waals surface area contributed by atoms with Gasteiger partial charge in [0.2, 0.25) is 0 Å². The lowest BCUT2D eigenvalue weighted by atomic mass is 9.91. The average molecular weight is 414 g/mol. The van der Waals surface area contributed by atoms with Crippen molar-refractivity contribution in [3.05, 3.63) is 58.7 Å². The predicted octanol–water partition coefficient (Wildman–Crippen LogP) is 4.64. The lowest BCUT2D eigenvalue weighted by molar-refractivity contribution is 0.0760. The van der Waals surface area contributed by atoms with Gasteiger partial charge in [0.15, 0.2) is 0 Å². The maximum Gasteiger partial charge on any atom is 0.255 e. The van der Waals surface area contributed by atoms with Gasteiger partial charge in [0.25, 0.3) is 5.91 Å². The Morgan fingerprint density at radius 1 is 1.23 bits per heavy atom. The van der Waals surface area contributed by atoms with Crippen LogP contribution < -0.4 is 0 Å². The molecule has 1 amide bonds. The molecule has 1 aliphatic rings. The van der Waals surface area contributed by atoms with Crippen LogP contribution in [0.2, 0.25) is 0 Å². The highest BCUT2D eigenvalue weighted by molar-refractivity contribution is 5.95.